The molecule has 0 spiro atoms. The molecule has 0 saturated carbocycles. The van der Waals surface area contributed by atoms with Crippen molar-refractivity contribution in [3.05, 3.63) is 12.2 Å². The second-order valence-electron chi connectivity index (χ2n) is 2.50. The van der Waals surface area contributed by atoms with Crippen LogP contribution in [-0.4, -0.2) is 0 Å². The molecule has 1 aliphatic rings. The molecule has 0 heteroatoms. The summed E-state index contributed by atoms with van der Waals surface area (Å²) in [6.07, 6.45) is 5.86. The van der Waals surface area contributed by atoms with E-state index in [0.29, 0.717) is 0 Å². The third-order valence-corrected chi connectivity index (χ3v) is 1.85. The van der Waals surface area contributed by atoms with E-state index in [1.807, 2.05) is 0 Å². The van der Waals surface area contributed by atoms with Crippen LogP contribution in [0, 0.1) is 11.8 Å². The Bertz CT molecular complexity index is 82.0. The highest BCUT2D eigenvalue weighted by atomic mass is 14.2. The van der Waals surface area contributed by atoms with Crippen LogP contribution in [0.3, 0.4) is 0 Å². The van der Waals surface area contributed by atoms with Gasteiger partial charge in [-0.2, -0.15) is 0 Å². The van der Waals surface area contributed by atoms with Crippen LogP contribution in [0.4, 0.5) is 0 Å². The molecule has 7 heavy (non-hydrogen) atoms. The quantitative estimate of drug-likeness (QED) is 0.406. The molecule has 0 aromatic carbocycles. The Labute approximate surface area is 45.2 Å². The highest BCUT2D eigenvalue weighted by molar-refractivity contribution is 4.97. The predicted molar refractivity (Wildman–Crippen MR) is 32.1 cm³/mol. The summed E-state index contributed by atoms with van der Waals surface area (Å²) in [6, 6.07) is 0. The molecule has 1 aliphatic carbocycles. The van der Waals surface area contributed by atoms with Crippen LogP contribution in [0.15, 0.2) is 12.2 Å². The third-order valence-electron chi connectivity index (χ3n) is 1.85. The normalized spacial score (nSPS) is 39.7. The first-order valence-electron chi connectivity index (χ1n) is 2.97. The van der Waals surface area contributed by atoms with E-state index < -0.39 is 0 Å². The lowest BCUT2D eigenvalue weighted by molar-refractivity contribution is 0.498. The summed E-state index contributed by atoms with van der Waals surface area (Å²) in [7, 11) is 0. The zero-order valence-corrected chi connectivity index (χ0v) is 5.02. The Kier molecular flexibility index (Phi) is 1.18. The highest BCUT2D eigenvalue weighted by Gasteiger charge is 2.11. The molecule has 0 saturated heterocycles. The van der Waals surface area contributed by atoms with Gasteiger partial charge in [-0.25, -0.2) is 0 Å². The van der Waals surface area contributed by atoms with E-state index in [0.717, 1.165) is 11.8 Å². The largest absolute Gasteiger partial charge is 0.0880 e. The molecule has 40 valence electrons. The van der Waals surface area contributed by atoms with Crippen LogP contribution in [0.25, 0.3) is 0 Å². The predicted octanol–water partition coefficient (Wildman–Crippen LogP) is 2.22. The molecular weight excluding hydrogens is 84.1 g/mol. The summed E-state index contributed by atoms with van der Waals surface area (Å²) in [4.78, 5) is 0. The summed E-state index contributed by atoms with van der Waals surface area (Å²) in [6.45, 7) is 4.57. The molecule has 0 unspecified atom stereocenters. The molecule has 2 atom stereocenters. The van der Waals surface area contributed by atoms with Gasteiger partial charge in [0.1, 0.15) is 0 Å². The zero-order valence-electron chi connectivity index (χ0n) is 5.02. The van der Waals surface area contributed by atoms with Gasteiger partial charge in [-0.05, 0) is 18.3 Å². The maximum atomic E-state index is 2.30. The minimum Gasteiger partial charge on any atom is -0.0880 e. The molecule has 0 aromatic rings. The fraction of sp³-hybridized carbons (Fsp3) is 0.714. The van der Waals surface area contributed by atoms with Gasteiger partial charge < -0.3 is 0 Å². The lowest BCUT2D eigenvalue weighted by Gasteiger charge is -2.04. The van der Waals surface area contributed by atoms with Crippen LogP contribution >= 0.6 is 0 Å². The van der Waals surface area contributed by atoms with Crippen LogP contribution in [0.5, 0.6) is 0 Å². The second-order valence-corrected chi connectivity index (χ2v) is 2.50. The van der Waals surface area contributed by atoms with Gasteiger partial charge in [0, 0.05) is 0 Å². The van der Waals surface area contributed by atoms with E-state index in [-0.39, 0.29) is 0 Å². The lowest BCUT2D eigenvalue weighted by Crippen LogP contribution is -1.96. The average molecular weight is 96.2 g/mol. The molecule has 0 heterocycles. The van der Waals surface area contributed by atoms with Crippen molar-refractivity contribution in [3.63, 3.8) is 0 Å². The number of rotatable bonds is 0. The van der Waals surface area contributed by atoms with Gasteiger partial charge in [0.2, 0.25) is 0 Å². The Hall–Kier alpha value is -0.260. The maximum Gasteiger partial charge on any atom is -0.0233 e. The SMILES string of the molecule is C[C@@H]1C=CC[C@H]1C. The van der Waals surface area contributed by atoms with E-state index in [9.17, 15) is 0 Å². The Morgan fingerprint density at radius 3 is 2.29 bits per heavy atom. The Balaban J connectivity index is 2.45. The van der Waals surface area contributed by atoms with Crippen molar-refractivity contribution >= 4 is 0 Å². The summed E-state index contributed by atoms with van der Waals surface area (Å²) in [5.41, 5.74) is 0. The molecule has 0 radical (unpaired) electrons. The van der Waals surface area contributed by atoms with Crippen LogP contribution in [0.2, 0.25) is 0 Å². The lowest BCUT2D eigenvalue weighted by atomic mass is 10.0. The van der Waals surface area contributed by atoms with Gasteiger partial charge in [0.25, 0.3) is 0 Å². The summed E-state index contributed by atoms with van der Waals surface area (Å²) in [5.74, 6) is 1.74. The van der Waals surface area contributed by atoms with Gasteiger partial charge >= 0.3 is 0 Å². The van der Waals surface area contributed by atoms with E-state index in [1.165, 1.54) is 6.42 Å². The summed E-state index contributed by atoms with van der Waals surface area (Å²) < 4.78 is 0. The van der Waals surface area contributed by atoms with Crippen LogP contribution < -0.4 is 0 Å². The molecule has 0 N–H and O–H groups in total. The van der Waals surface area contributed by atoms with Gasteiger partial charge in [-0.15, -0.1) is 0 Å². The van der Waals surface area contributed by atoms with Gasteiger partial charge in [-0.3, -0.25) is 0 Å². The van der Waals surface area contributed by atoms with Gasteiger partial charge in [0.05, 0.1) is 0 Å². The molecule has 0 fully saturated rings. The fourth-order valence-corrected chi connectivity index (χ4v) is 0.912. The summed E-state index contributed by atoms with van der Waals surface area (Å²) in [5, 5.41) is 0. The standard InChI is InChI=1S/C7H12/c1-6-4-3-5-7(6)2/h3-4,6-7H,5H2,1-2H3/t6-,7-/m1/s1. The first-order chi connectivity index (χ1) is 3.30. The van der Waals surface area contributed by atoms with Crippen LogP contribution in [-0.2, 0) is 0 Å². The smallest absolute Gasteiger partial charge is 0.0233 e. The van der Waals surface area contributed by atoms with Crippen molar-refractivity contribution < 1.29 is 0 Å². The Morgan fingerprint density at radius 1 is 1.43 bits per heavy atom. The third kappa shape index (κ3) is 0.846. The molecule has 1 rings (SSSR count). The fourth-order valence-electron chi connectivity index (χ4n) is 0.912. The van der Waals surface area contributed by atoms with E-state index >= 15 is 0 Å². The molecule has 0 aliphatic heterocycles. The highest BCUT2D eigenvalue weighted by Crippen LogP contribution is 2.22. The summed E-state index contributed by atoms with van der Waals surface area (Å²) >= 11 is 0. The zero-order chi connectivity index (χ0) is 5.28. The van der Waals surface area contributed by atoms with E-state index in [1.54, 1.807) is 0 Å². The monoisotopic (exact) mass is 96.1 g/mol. The van der Waals surface area contributed by atoms with E-state index in [4.69, 9.17) is 0 Å². The number of hydrogen-bond acceptors (Lipinski definition) is 0. The van der Waals surface area contributed by atoms with Crippen molar-refractivity contribution in [2.45, 2.75) is 20.3 Å². The van der Waals surface area contributed by atoms with Crippen LogP contribution in [0.1, 0.15) is 20.3 Å². The molecule has 0 amide bonds. The average Bonchev–Trinajstić information content (AvgIpc) is 1.91. The Morgan fingerprint density at radius 2 is 2.14 bits per heavy atom. The van der Waals surface area contributed by atoms with Crippen molar-refractivity contribution in [3.8, 4) is 0 Å². The van der Waals surface area contributed by atoms with Crippen molar-refractivity contribution in [2.24, 2.45) is 11.8 Å². The molecule has 0 nitrogen and oxygen atoms in total. The molecule has 0 bridgehead atoms. The molecular formula is C7H12. The second kappa shape index (κ2) is 1.69. The van der Waals surface area contributed by atoms with Crippen molar-refractivity contribution in [2.75, 3.05) is 0 Å². The maximum absolute atomic E-state index is 2.30. The van der Waals surface area contributed by atoms with Crippen molar-refractivity contribution in [1.82, 2.24) is 0 Å². The first-order valence-corrected chi connectivity index (χ1v) is 2.97. The van der Waals surface area contributed by atoms with Gasteiger partial charge in [-0.1, -0.05) is 26.0 Å². The van der Waals surface area contributed by atoms with Gasteiger partial charge in [0.15, 0.2) is 0 Å². The number of hydrogen-bond donors (Lipinski definition) is 0. The van der Waals surface area contributed by atoms with E-state index in [2.05, 4.69) is 26.0 Å². The molecule has 0 aromatic heterocycles. The topological polar surface area (TPSA) is 0 Å². The van der Waals surface area contributed by atoms with Crippen molar-refractivity contribution in [1.29, 1.82) is 0 Å². The first kappa shape index (κ1) is 4.89. The minimum atomic E-state index is 0.833. The minimum absolute atomic E-state index is 0.833. The number of allylic oxidation sites excluding steroid dienone is 2.